The zero-order chi connectivity index (χ0) is 16.0. The predicted molar refractivity (Wildman–Crippen MR) is 91.6 cm³/mol. The lowest BCUT2D eigenvalue weighted by molar-refractivity contribution is 0.554. The van der Waals surface area contributed by atoms with Crippen LogP contribution in [0, 0.1) is 0 Å². The molecular formula is C20H28O2. The molecule has 0 bridgehead atoms. The van der Waals surface area contributed by atoms with E-state index in [1.165, 1.54) is 57.8 Å². The molecule has 0 aromatic heterocycles. The summed E-state index contributed by atoms with van der Waals surface area (Å²) < 4.78 is 0. The van der Waals surface area contributed by atoms with Gasteiger partial charge in [0.1, 0.15) is 0 Å². The lowest BCUT2D eigenvalue weighted by Crippen LogP contribution is -1.96. The minimum atomic E-state index is 0.515. The number of benzene rings is 1. The molecule has 1 aromatic rings. The second-order valence-corrected chi connectivity index (χ2v) is 6.01. The van der Waals surface area contributed by atoms with Crippen LogP contribution < -0.4 is 0 Å². The van der Waals surface area contributed by atoms with Crippen molar-refractivity contribution < 1.29 is 9.59 Å². The van der Waals surface area contributed by atoms with Gasteiger partial charge in [-0.15, -0.1) is 0 Å². The molecule has 2 radical (unpaired) electrons. The lowest BCUT2D eigenvalue weighted by atomic mass is 9.99. The highest BCUT2D eigenvalue weighted by Crippen LogP contribution is 2.15. The van der Waals surface area contributed by atoms with Gasteiger partial charge in [0.2, 0.25) is 12.6 Å². The summed E-state index contributed by atoms with van der Waals surface area (Å²) in [6.07, 6.45) is 17.6. The van der Waals surface area contributed by atoms with Crippen molar-refractivity contribution >= 4 is 12.6 Å². The summed E-state index contributed by atoms with van der Waals surface area (Å²) in [4.78, 5) is 21.6. The normalized spacial score (nSPS) is 10.6. The van der Waals surface area contributed by atoms with Crippen LogP contribution in [0.4, 0.5) is 0 Å². The molecule has 2 heteroatoms. The summed E-state index contributed by atoms with van der Waals surface area (Å²) in [5.41, 5.74) is 2.02. The molecule has 0 N–H and O–H groups in total. The maximum absolute atomic E-state index is 10.9. The zero-order valence-electron chi connectivity index (χ0n) is 13.8. The average Bonchev–Trinajstić information content (AvgIpc) is 2.56. The molecule has 0 atom stereocenters. The third-order valence-corrected chi connectivity index (χ3v) is 4.13. The van der Waals surface area contributed by atoms with E-state index in [0.29, 0.717) is 11.1 Å². The number of hydrogen-bond donors (Lipinski definition) is 0. The van der Waals surface area contributed by atoms with E-state index in [4.69, 9.17) is 0 Å². The van der Waals surface area contributed by atoms with Crippen molar-refractivity contribution in [1.29, 1.82) is 0 Å². The van der Waals surface area contributed by atoms with Crippen LogP contribution in [0.15, 0.2) is 18.2 Å². The summed E-state index contributed by atoms with van der Waals surface area (Å²) >= 11 is 0. The maximum atomic E-state index is 10.9. The van der Waals surface area contributed by atoms with Crippen LogP contribution in [0.5, 0.6) is 0 Å². The topological polar surface area (TPSA) is 34.1 Å². The molecule has 0 aliphatic heterocycles. The molecule has 22 heavy (non-hydrogen) atoms. The Morgan fingerprint density at radius 3 is 1.91 bits per heavy atom. The van der Waals surface area contributed by atoms with E-state index in [1.54, 1.807) is 18.2 Å². The van der Waals surface area contributed by atoms with Gasteiger partial charge in [-0.1, -0.05) is 70.8 Å². The minimum absolute atomic E-state index is 0.515. The molecule has 0 saturated carbocycles. The first kappa shape index (κ1) is 18.6. The fourth-order valence-electron chi connectivity index (χ4n) is 2.77. The monoisotopic (exact) mass is 300 g/mol. The smallest absolute Gasteiger partial charge is 0.233 e. The van der Waals surface area contributed by atoms with Crippen molar-refractivity contribution in [2.45, 2.75) is 77.6 Å². The zero-order valence-corrected chi connectivity index (χ0v) is 13.8. The van der Waals surface area contributed by atoms with Crippen molar-refractivity contribution in [1.82, 2.24) is 0 Å². The van der Waals surface area contributed by atoms with Crippen molar-refractivity contribution in [3.8, 4) is 0 Å². The lowest BCUT2D eigenvalue weighted by Gasteiger charge is -2.05. The van der Waals surface area contributed by atoms with Gasteiger partial charge >= 0.3 is 0 Å². The number of carbonyl (C=O) groups excluding carboxylic acids is 2. The van der Waals surface area contributed by atoms with Gasteiger partial charge < -0.3 is 0 Å². The van der Waals surface area contributed by atoms with Crippen molar-refractivity contribution in [2.75, 3.05) is 0 Å². The van der Waals surface area contributed by atoms with Crippen LogP contribution >= 0.6 is 0 Å². The number of aryl methyl sites for hydroxylation is 1. The molecule has 0 heterocycles. The van der Waals surface area contributed by atoms with Gasteiger partial charge in [-0.2, -0.15) is 0 Å². The SMILES string of the molecule is CCCCCCCCCCCCc1cc([C]=O)ccc1[C]=O. The predicted octanol–water partition coefficient (Wildman–Crippen LogP) is 5.07. The third-order valence-electron chi connectivity index (χ3n) is 4.13. The first-order chi connectivity index (χ1) is 10.8. The second-order valence-electron chi connectivity index (χ2n) is 6.01. The van der Waals surface area contributed by atoms with Crippen LogP contribution in [0.2, 0.25) is 0 Å². The van der Waals surface area contributed by atoms with Crippen molar-refractivity contribution in [3.05, 3.63) is 34.9 Å². The van der Waals surface area contributed by atoms with Gasteiger partial charge in [-0.25, -0.2) is 0 Å². The fourth-order valence-corrected chi connectivity index (χ4v) is 2.77. The molecule has 0 aliphatic carbocycles. The highest BCUT2D eigenvalue weighted by atomic mass is 16.1. The van der Waals surface area contributed by atoms with E-state index in [0.717, 1.165) is 18.4 Å². The first-order valence-electron chi connectivity index (χ1n) is 8.71. The molecular weight excluding hydrogens is 272 g/mol. The van der Waals surface area contributed by atoms with Crippen LogP contribution in [0.25, 0.3) is 0 Å². The van der Waals surface area contributed by atoms with E-state index in [1.807, 2.05) is 12.6 Å². The molecule has 0 spiro atoms. The standard InChI is InChI=1S/C20H28O2/c1-2-3-4-5-6-7-8-9-10-11-12-19-15-18(16-21)13-14-20(19)17-22/h13-15H,2-12H2,1H3. The van der Waals surface area contributed by atoms with Gasteiger partial charge in [0.05, 0.1) is 0 Å². The molecule has 120 valence electrons. The van der Waals surface area contributed by atoms with E-state index in [-0.39, 0.29) is 0 Å². The molecule has 0 amide bonds. The summed E-state index contributed by atoms with van der Waals surface area (Å²) in [5.74, 6) is 0. The van der Waals surface area contributed by atoms with Gasteiger partial charge in [0.25, 0.3) is 0 Å². The Balaban J connectivity index is 2.14. The van der Waals surface area contributed by atoms with Gasteiger partial charge in [0.15, 0.2) is 0 Å². The van der Waals surface area contributed by atoms with Crippen molar-refractivity contribution in [2.24, 2.45) is 0 Å². The van der Waals surface area contributed by atoms with E-state index in [2.05, 4.69) is 6.92 Å². The minimum Gasteiger partial charge on any atom is -0.285 e. The molecule has 2 nitrogen and oxygen atoms in total. The highest BCUT2D eigenvalue weighted by Gasteiger charge is 2.04. The van der Waals surface area contributed by atoms with Gasteiger partial charge in [-0.05, 0) is 30.5 Å². The Morgan fingerprint density at radius 1 is 0.773 bits per heavy atom. The Hall–Kier alpha value is -1.44. The Morgan fingerprint density at radius 2 is 1.36 bits per heavy atom. The Labute approximate surface area is 135 Å². The quantitative estimate of drug-likeness (QED) is 0.477. The van der Waals surface area contributed by atoms with Gasteiger partial charge in [-0.3, -0.25) is 9.59 Å². The fraction of sp³-hybridized carbons (Fsp3) is 0.600. The van der Waals surface area contributed by atoms with Crippen LogP contribution in [0.3, 0.4) is 0 Å². The molecule has 1 aromatic carbocycles. The maximum Gasteiger partial charge on any atom is 0.233 e. The second kappa shape index (κ2) is 12.1. The highest BCUT2D eigenvalue weighted by molar-refractivity contribution is 5.82. The molecule has 1 rings (SSSR count). The molecule has 0 unspecified atom stereocenters. The molecule has 0 aliphatic rings. The number of unbranched alkanes of at least 4 members (excludes halogenated alkanes) is 9. The largest absolute Gasteiger partial charge is 0.285 e. The summed E-state index contributed by atoms with van der Waals surface area (Å²) in [5, 5.41) is 0. The average molecular weight is 300 g/mol. The van der Waals surface area contributed by atoms with E-state index in [9.17, 15) is 9.59 Å². The van der Waals surface area contributed by atoms with Crippen LogP contribution in [-0.2, 0) is 16.0 Å². The summed E-state index contributed by atoms with van der Waals surface area (Å²) in [6.45, 7) is 2.25. The Bertz CT molecular complexity index is 437. The third kappa shape index (κ3) is 7.53. The summed E-state index contributed by atoms with van der Waals surface area (Å²) in [6, 6.07) is 5.05. The summed E-state index contributed by atoms with van der Waals surface area (Å²) in [7, 11) is 0. The number of rotatable bonds is 13. The Kier molecular flexibility index (Phi) is 10.3. The molecule has 0 fully saturated rings. The van der Waals surface area contributed by atoms with Gasteiger partial charge in [0, 0.05) is 11.1 Å². The molecule has 0 saturated heterocycles. The number of hydrogen-bond acceptors (Lipinski definition) is 2. The van der Waals surface area contributed by atoms with Crippen molar-refractivity contribution in [3.63, 3.8) is 0 Å². The first-order valence-corrected chi connectivity index (χ1v) is 8.71. The van der Waals surface area contributed by atoms with Crippen LogP contribution in [-0.4, -0.2) is 12.6 Å². The van der Waals surface area contributed by atoms with E-state index >= 15 is 0 Å². The van der Waals surface area contributed by atoms with Crippen LogP contribution in [0.1, 0.15) is 87.8 Å². The van der Waals surface area contributed by atoms with E-state index < -0.39 is 0 Å².